The Morgan fingerprint density at radius 3 is 2.54 bits per heavy atom. The van der Waals surface area contributed by atoms with Gasteiger partial charge < -0.3 is 9.64 Å². The van der Waals surface area contributed by atoms with Crippen LogP contribution in [0.2, 0.25) is 0 Å². The predicted octanol–water partition coefficient (Wildman–Crippen LogP) is 6.33. The molecule has 4 heteroatoms. The topological polar surface area (TPSA) is 32.8 Å². The summed E-state index contributed by atoms with van der Waals surface area (Å²) in [7, 11) is 2.20. The maximum absolute atomic E-state index is 12.8. The van der Waals surface area contributed by atoms with E-state index >= 15 is 0 Å². The maximum atomic E-state index is 12.8. The number of benzene rings is 3. The first kappa shape index (κ1) is 24.0. The third kappa shape index (κ3) is 6.31. The van der Waals surface area contributed by atoms with E-state index < -0.39 is 0 Å². The lowest BCUT2D eigenvalue weighted by molar-refractivity contribution is 0.0949. The van der Waals surface area contributed by atoms with Crippen LogP contribution in [0.25, 0.3) is 10.8 Å². The highest BCUT2D eigenvalue weighted by molar-refractivity contribution is 5.96. The molecular weight excluding hydrogens is 432 g/mol. The molecule has 0 amide bonds. The second-order valence-corrected chi connectivity index (χ2v) is 10.4. The molecule has 184 valence electrons. The fraction of sp³-hybridized carbons (Fsp3) is 0.452. The van der Waals surface area contributed by atoms with Crippen molar-refractivity contribution in [3.05, 3.63) is 77.9 Å². The number of carbonyl (C=O) groups is 1. The molecule has 1 atom stereocenters. The van der Waals surface area contributed by atoms with Gasteiger partial charge in [-0.2, -0.15) is 0 Å². The van der Waals surface area contributed by atoms with Crippen molar-refractivity contribution < 1.29 is 9.53 Å². The largest absolute Gasteiger partial charge is 0.490 e. The number of fused-ring (bicyclic) bond motifs is 1. The highest BCUT2D eigenvalue weighted by Gasteiger charge is 2.22. The van der Waals surface area contributed by atoms with Gasteiger partial charge in [-0.1, -0.05) is 48.5 Å². The first-order chi connectivity index (χ1) is 17.1. The van der Waals surface area contributed by atoms with Gasteiger partial charge in [-0.05, 0) is 86.7 Å². The van der Waals surface area contributed by atoms with Gasteiger partial charge in [0.1, 0.15) is 11.9 Å². The number of carbonyl (C=O) groups excluding carboxylic acids is 1. The summed E-state index contributed by atoms with van der Waals surface area (Å²) in [6.45, 7) is 4.25. The van der Waals surface area contributed by atoms with Crippen molar-refractivity contribution >= 4 is 16.6 Å². The summed E-state index contributed by atoms with van der Waals surface area (Å²) in [6, 6.07) is 23.8. The molecule has 2 fully saturated rings. The summed E-state index contributed by atoms with van der Waals surface area (Å²) in [5, 5.41) is 2.61. The van der Waals surface area contributed by atoms with Crippen molar-refractivity contribution in [2.45, 2.75) is 63.6 Å². The average molecular weight is 471 g/mol. The van der Waals surface area contributed by atoms with Crippen molar-refractivity contribution in [2.75, 3.05) is 26.7 Å². The van der Waals surface area contributed by atoms with Crippen LogP contribution in [-0.4, -0.2) is 54.4 Å². The molecule has 0 saturated carbocycles. The van der Waals surface area contributed by atoms with Crippen LogP contribution >= 0.6 is 0 Å². The number of ketones is 1. The van der Waals surface area contributed by atoms with Crippen LogP contribution in [0.5, 0.6) is 5.75 Å². The van der Waals surface area contributed by atoms with Gasteiger partial charge in [0.05, 0.1) is 0 Å². The Labute approximate surface area is 209 Å². The standard InChI is InChI=1S/C31H38N2O2/c1-32-18-6-11-28(32)10-5-13-31(34)27-9-4-12-30(22-27)35-29-16-19-33(20-17-29)23-24-14-15-25-7-2-3-8-26(25)21-24/h2-4,7-9,12,14-15,21-22,28-29H,5-6,10-11,13,16-20,23H2,1H3. The van der Waals surface area contributed by atoms with Gasteiger partial charge in [-0.15, -0.1) is 0 Å². The SMILES string of the molecule is CN1CCCC1CCCC(=O)c1cccc(OC2CCN(Cc3ccc4ccccc4c3)CC2)c1. The molecule has 3 aromatic carbocycles. The molecule has 3 aromatic rings. The average Bonchev–Trinajstić information content (AvgIpc) is 3.30. The number of likely N-dealkylation sites (tertiary alicyclic amines) is 2. The van der Waals surface area contributed by atoms with Gasteiger partial charge in [0.15, 0.2) is 5.78 Å². The highest BCUT2D eigenvalue weighted by Crippen LogP contribution is 2.24. The lowest BCUT2D eigenvalue weighted by atomic mass is 10.0. The summed E-state index contributed by atoms with van der Waals surface area (Å²) < 4.78 is 6.32. The van der Waals surface area contributed by atoms with Crippen molar-refractivity contribution in [2.24, 2.45) is 0 Å². The molecule has 0 bridgehead atoms. The number of rotatable bonds is 9. The molecule has 2 heterocycles. The van der Waals surface area contributed by atoms with E-state index in [0.29, 0.717) is 12.5 Å². The molecule has 0 spiro atoms. The molecule has 4 nitrogen and oxygen atoms in total. The summed E-state index contributed by atoms with van der Waals surface area (Å²) in [4.78, 5) is 17.7. The fourth-order valence-electron chi connectivity index (χ4n) is 5.70. The van der Waals surface area contributed by atoms with Crippen molar-refractivity contribution in [1.29, 1.82) is 0 Å². The van der Waals surface area contributed by atoms with E-state index in [4.69, 9.17) is 4.74 Å². The smallest absolute Gasteiger partial charge is 0.163 e. The molecule has 0 N–H and O–H groups in total. The van der Waals surface area contributed by atoms with Gasteiger partial charge in [-0.3, -0.25) is 9.69 Å². The van der Waals surface area contributed by atoms with E-state index in [2.05, 4.69) is 59.3 Å². The summed E-state index contributed by atoms with van der Waals surface area (Å²) in [6.07, 6.45) is 7.52. The zero-order valence-corrected chi connectivity index (χ0v) is 21.0. The molecule has 0 radical (unpaired) electrons. The van der Waals surface area contributed by atoms with Crippen molar-refractivity contribution in [3.63, 3.8) is 0 Å². The Bertz CT molecular complexity index is 1140. The van der Waals surface area contributed by atoms with Crippen LogP contribution in [0.4, 0.5) is 0 Å². The van der Waals surface area contributed by atoms with E-state index in [1.807, 2.05) is 24.3 Å². The van der Waals surface area contributed by atoms with E-state index in [9.17, 15) is 4.79 Å². The summed E-state index contributed by atoms with van der Waals surface area (Å²) >= 11 is 0. The molecule has 2 aliphatic rings. The Hall–Kier alpha value is -2.69. The molecule has 2 saturated heterocycles. The third-order valence-electron chi connectivity index (χ3n) is 7.83. The molecule has 1 unspecified atom stereocenters. The Kier molecular flexibility index (Phi) is 7.80. The Balaban J connectivity index is 1.08. The van der Waals surface area contributed by atoms with E-state index in [1.165, 1.54) is 35.7 Å². The molecular formula is C31H38N2O2. The predicted molar refractivity (Wildman–Crippen MR) is 143 cm³/mol. The highest BCUT2D eigenvalue weighted by atomic mass is 16.5. The third-order valence-corrected chi connectivity index (χ3v) is 7.83. The quantitative estimate of drug-likeness (QED) is 0.342. The number of piperidine rings is 1. The zero-order valence-electron chi connectivity index (χ0n) is 21.0. The summed E-state index contributed by atoms with van der Waals surface area (Å²) in [5.41, 5.74) is 2.16. The second-order valence-electron chi connectivity index (χ2n) is 10.4. The number of hydrogen-bond acceptors (Lipinski definition) is 4. The fourth-order valence-corrected chi connectivity index (χ4v) is 5.70. The first-order valence-electron chi connectivity index (χ1n) is 13.3. The van der Waals surface area contributed by atoms with Gasteiger partial charge >= 0.3 is 0 Å². The molecule has 0 aromatic heterocycles. The van der Waals surface area contributed by atoms with Crippen LogP contribution in [0.1, 0.15) is 60.9 Å². The van der Waals surface area contributed by atoms with E-state index in [0.717, 1.165) is 56.6 Å². The Morgan fingerprint density at radius 2 is 1.74 bits per heavy atom. The molecule has 35 heavy (non-hydrogen) atoms. The minimum Gasteiger partial charge on any atom is -0.490 e. The lowest BCUT2D eigenvalue weighted by Crippen LogP contribution is -2.37. The van der Waals surface area contributed by atoms with Crippen LogP contribution < -0.4 is 4.74 Å². The van der Waals surface area contributed by atoms with Crippen LogP contribution in [0.3, 0.4) is 0 Å². The van der Waals surface area contributed by atoms with Gasteiger partial charge in [0, 0.05) is 37.7 Å². The van der Waals surface area contributed by atoms with Crippen molar-refractivity contribution in [1.82, 2.24) is 9.80 Å². The number of ether oxygens (including phenoxy) is 1. The molecule has 2 aliphatic heterocycles. The number of Topliss-reactive ketones (excluding diaryl/α,β-unsaturated/α-hetero) is 1. The molecule has 0 aliphatic carbocycles. The lowest BCUT2D eigenvalue weighted by Gasteiger charge is -2.32. The second kappa shape index (κ2) is 11.4. The van der Waals surface area contributed by atoms with Gasteiger partial charge in [0.25, 0.3) is 0 Å². The number of nitrogens with zero attached hydrogens (tertiary/aromatic N) is 2. The normalized spacial score (nSPS) is 19.9. The molecule has 5 rings (SSSR count). The van der Waals surface area contributed by atoms with Gasteiger partial charge in [-0.25, -0.2) is 0 Å². The van der Waals surface area contributed by atoms with Crippen molar-refractivity contribution in [3.8, 4) is 5.75 Å². The summed E-state index contributed by atoms with van der Waals surface area (Å²) in [5.74, 6) is 1.07. The van der Waals surface area contributed by atoms with E-state index in [-0.39, 0.29) is 11.9 Å². The van der Waals surface area contributed by atoms with Crippen LogP contribution in [-0.2, 0) is 6.54 Å². The minimum absolute atomic E-state index is 0.214. The number of hydrogen-bond donors (Lipinski definition) is 0. The minimum atomic E-state index is 0.214. The van der Waals surface area contributed by atoms with Crippen LogP contribution in [0, 0.1) is 0 Å². The maximum Gasteiger partial charge on any atom is 0.163 e. The van der Waals surface area contributed by atoms with E-state index in [1.54, 1.807) is 0 Å². The zero-order chi connectivity index (χ0) is 24.0. The van der Waals surface area contributed by atoms with Crippen LogP contribution in [0.15, 0.2) is 66.7 Å². The first-order valence-corrected chi connectivity index (χ1v) is 13.3. The van der Waals surface area contributed by atoms with Gasteiger partial charge in [0.2, 0.25) is 0 Å². The monoisotopic (exact) mass is 470 g/mol. The Morgan fingerprint density at radius 1 is 0.914 bits per heavy atom.